The fraction of sp³-hybridized carbons (Fsp3) is 0.615. The van der Waals surface area contributed by atoms with Crippen molar-refractivity contribution in [3.63, 3.8) is 0 Å². The molecule has 6 heteroatoms. The first-order valence-corrected chi connectivity index (χ1v) is 6.64. The molecule has 1 rings (SSSR count). The minimum absolute atomic E-state index is 0.00520. The molecule has 1 heterocycles. The molecule has 0 bridgehead atoms. The van der Waals surface area contributed by atoms with Gasteiger partial charge >= 0.3 is 0 Å². The summed E-state index contributed by atoms with van der Waals surface area (Å²) in [5, 5.41) is 5.93. The fourth-order valence-electron chi connectivity index (χ4n) is 1.60. The van der Waals surface area contributed by atoms with Crippen LogP contribution >= 0.6 is 0 Å². The van der Waals surface area contributed by atoms with Crippen molar-refractivity contribution in [2.24, 2.45) is 0 Å². The third-order valence-corrected chi connectivity index (χ3v) is 2.52. The molecule has 0 spiro atoms. The van der Waals surface area contributed by atoms with Crippen molar-refractivity contribution in [3.05, 3.63) is 11.8 Å². The smallest absolute Gasteiger partial charge is 0.239 e. The molecule has 1 amide bonds. The van der Waals surface area contributed by atoms with E-state index in [0.717, 1.165) is 24.5 Å². The van der Waals surface area contributed by atoms with Gasteiger partial charge in [0, 0.05) is 31.9 Å². The van der Waals surface area contributed by atoms with Crippen LogP contribution in [0.2, 0.25) is 0 Å². The highest BCUT2D eigenvalue weighted by atomic mass is 16.2. The third kappa shape index (κ3) is 5.11. The Morgan fingerprint density at radius 3 is 2.74 bits per heavy atom. The van der Waals surface area contributed by atoms with Gasteiger partial charge in [0.05, 0.1) is 6.54 Å². The van der Waals surface area contributed by atoms with Gasteiger partial charge in [-0.1, -0.05) is 6.92 Å². The maximum absolute atomic E-state index is 11.7. The Morgan fingerprint density at radius 2 is 2.11 bits per heavy atom. The van der Waals surface area contributed by atoms with Gasteiger partial charge in [0.25, 0.3) is 0 Å². The molecule has 0 aliphatic heterocycles. The van der Waals surface area contributed by atoms with Crippen LogP contribution in [-0.4, -0.2) is 42.6 Å². The van der Waals surface area contributed by atoms with Crippen LogP contribution in [0.15, 0.2) is 6.07 Å². The highest BCUT2D eigenvalue weighted by Gasteiger charge is 2.10. The lowest BCUT2D eigenvalue weighted by atomic mass is 10.4. The van der Waals surface area contributed by atoms with Gasteiger partial charge in [-0.05, 0) is 20.3 Å². The molecular weight excluding hydrogens is 242 g/mol. The van der Waals surface area contributed by atoms with Crippen LogP contribution in [0, 0.1) is 6.92 Å². The minimum Gasteiger partial charge on any atom is -0.355 e. The summed E-state index contributed by atoms with van der Waals surface area (Å²) in [4.78, 5) is 22.2. The summed E-state index contributed by atoms with van der Waals surface area (Å²) in [6, 6.07) is 1.87. The van der Waals surface area contributed by atoms with Crippen LogP contribution in [0.5, 0.6) is 0 Å². The van der Waals surface area contributed by atoms with Crippen LogP contribution in [0.3, 0.4) is 0 Å². The van der Waals surface area contributed by atoms with Gasteiger partial charge in [-0.2, -0.15) is 4.98 Å². The average molecular weight is 265 g/mol. The van der Waals surface area contributed by atoms with Gasteiger partial charge in [0.2, 0.25) is 11.9 Å². The van der Waals surface area contributed by atoms with Crippen LogP contribution in [0.1, 0.15) is 26.0 Å². The molecule has 0 atom stereocenters. The number of anilines is 2. The topological polar surface area (TPSA) is 70.2 Å². The highest BCUT2D eigenvalue weighted by molar-refractivity contribution is 5.80. The summed E-state index contributed by atoms with van der Waals surface area (Å²) in [6.45, 7) is 7.70. The van der Waals surface area contributed by atoms with E-state index in [2.05, 4.69) is 20.6 Å². The third-order valence-electron chi connectivity index (χ3n) is 2.52. The number of hydrogen-bond donors (Lipinski definition) is 2. The van der Waals surface area contributed by atoms with E-state index < -0.39 is 0 Å². The molecule has 0 fully saturated rings. The van der Waals surface area contributed by atoms with Gasteiger partial charge in [-0.15, -0.1) is 0 Å². The van der Waals surface area contributed by atoms with Crippen molar-refractivity contribution >= 4 is 17.7 Å². The Morgan fingerprint density at radius 1 is 1.37 bits per heavy atom. The van der Waals surface area contributed by atoms with Crippen molar-refractivity contribution in [2.75, 3.05) is 36.9 Å². The molecule has 0 aliphatic rings. The number of aromatic nitrogens is 2. The maximum Gasteiger partial charge on any atom is 0.239 e. The first-order valence-electron chi connectivity index (χ1n) is 6.64. The largest absolute Gasteiger partial charge is 0.355 e. The number of nitrogens with zero attached hydrogens (tertiary/aromatic N) is 3. The molecule has 6 nitrogen and oxygen atoms in total. The second-order valence-corrected chi connectivity index (χ2v) is 4.43. The number of carbonyl (C=O) groups excluding carboxylic acids is 1. The van der Waals surface area contributed by atoms with E-state index in [1.54, 1.807) is 0 Å². The number of carbonyl (C=O) groups is 1. The molecule has 0 radical (unpaired) electrons. The van der Waals surface area contributed by atoms with Crippen LogP contribution in [-0.2, 0) is 4.79 Å². The normalized spacial score (nSPS) is 10.1. The van der Waals surface area contributed by atoms with E-state index in [1.165, 1.54) is 0 Å². The maximum atomic E-state index is 11.7. The van der Waals surface area contributed by atoms with E-state index in [0.29, 0.717) is 19.0 Å². The second kappa shape index (κ2) is 7.56. The van der Waals surface area contributed by atoms with Crippen molar-refractivity contribution < 1.29 is 4.79 Å². The van der Waals surface area contributed by atoms with E-state index in [4.69, 9.17) is 0 Å². The molecular formula is C13H23N5O. The van der Waals surface area contributed by atoms with Crippen molar-refractivity contribution in [2.45, 2.75) is 27.2 Å². The second-order valence-electron chi connectivity index (χ2n) is 4.43. The van der Waals surface area contributed by atoms with Gasteiger partial charge in [-0.25, -0.2) is 4.98 Å². The SMILES string of the molecule is CCCNC(=O)CN(C)c1cc(C)nc(NCC)n1. The zero-order chi connectivity index (χ0) is 14.3. The number of hydrogen-bond acceptors (Lipinski definition) is 5. The quantitative estimate of drug-likeness (QED) is 0.774. The summed E-state index contributed by atoms with van der Waals surface area (Å²) in [5.74, 6) is 1.35. The lowest BCUT2D eigenvalue weighted by Crippen LogP contribution is -2.36. The Balaban J connectivity index is 2.70. The fourth-order valence-corrected chi connectivity index (χ4v) is 1.60. The standard InChI is InChI=1S/C13H23N5O/c1-5-7-15-12(19)9-18(4)11-8-10(3)16-13(17-11)14-6-2/h8H,5-7,9H2,1-4H3,(H,15,19)(H,14,16,17). The van der Waals surface area contributed by atoms with E-state index >= 15 is 0 Å². The summed E-state index contributed by atoms with van der Waals surface area (Å²) in [6.07, 6.45) is 0.937. The van der Waals surface area contributed by atoms with Crippen molar-refractivity contribution in [1.82, 2.24) is 15.3 Å². The molecule has 0 aromatic carbocycles. The molecule has 0 saturated heterocycles. The summed E-state index contributed by atoms with van der Waals surface area (Å²) in [5.41, 5.74) is 0.877. The molecule has 0 saturated carbocycles. The molecule has 19 heavy (non-hydrogen) atoms. The number of rotatable bonds is 7. The Kier molecular flexibility index (Phi) is 6.05. The zero-order valence-corrected chi connectivity index (χ0v) is 12.2. The summed E-state index contributed by atoms with van der Waals surface area (Å²) in [7, 11) is 1.85. The lowest BCUT2D eigenvalue weighted by Gasteiger charge is -2.18. The molecule has 0 aliphatic carbocycles. The van der Waals surface area contributed by atoms with Crippen molar-refractivity contribution in [3.8, 4) is 0 Å². The lowest BCUT2D eigenvalue weighted by molar-refractivity contribution is -0.119. The van der Waals surface area contributed by atoms with Gasteiger partial charge in [0.1, 0.15) is 5.82 Å². The van der Waals surface area contributed by atoms with E-state index in [9.17, 15) is 4.79 Å². The zero-order valence-electron chi connectivity index (χ0n) is 12.2. The first kappa shape index (κ1) is 15.2. The van der Waals surface area contributed by atoms with E-state index in [-0.39, 0.29) is 5.91 Å². The number of likely N-dealkylation sites (N-methyl/N-ethyl adjacent to an activating group) is 1. The molecule has 106 valence electrons. The van der Waals surface area contributed by atoms with Crippen LogP contribution in [0.25, 0.3) is 0 Å². The predicted octanol–water partition coefficient (Wildman–Crippen LogP) is 1.18. The van der Waals surface area contributed by atoms with Crippen LogP contribution < -0.4 is 15.5 Å². The predicted molar refractivity (Wildman–Crippen MR) is 77.5 cm³/mol. The molecule has 0 unspecified atom stereocenters. The van der Waals surface area contributed by atoms with E-state index in [1.807, 2.05) is 38.8 Å². The Hall–Kier alpha value is -1.85. The minimum atomic E-state index is 0.00520. The molecule has 2 N–H and O–H groups in total. The first-order chi connectivity index (χ1) is 9.06. The summed E-state index contributed by atoms with van der Waals surface area (Å²) < 4.78 is 0. The number of aryl methyl sites for hydroxylation is 1. The highest BCUT2D eigenvalue weighted by Crippen LogP contribution is 2.13. The van der Waals surface area contributed by atoms with Gasteiger partial charge < -0.3 is 15.5 Å². The number of amides is 1. The Bertz CT molecular complexity index is 421. The summed E-state index contributed by atoms with van der Waals surface area (Å²) >= 11 is 0. The van der Waals surface area contributed by atoms with Gasteiger partial charge in [-0.3, -0.25) is 4.79 Å². The Labute approximate surface area is 114 Å². The molecule has 1 aromatic heterocycles. The van der Waals surface area contributed by atoms with Gasteiger partial charge in [0.15, 0.2) is 0 Å². The number of nitrogens with one attached hydrogen (secondary N) is 2. The average Bonchev–Trinajstić information content (AvgIpc) is 2.36. The molecule has 1 aromatic rings. The van der Waals surface area contributed by atoms with Crippen molar-refractivity contribution in [1.29, 1.82) is 0 Å². The van der Waals surface area contributed by atoms with Crippen LogP contribution in [0.4, 0.5) is 11.8 Å². The monoisotopic (exact) mass is 265 g/mol.